The first kappa shape index (κ1) is 12.5. The first-order valence-corrected chi connectivity index (χ1v) is 6.52. The van der Waals surface area contributed by atoms with Crippen molar-refractivity contribution in [3.63, 3.8) is 0 Å². The molecule has 0 amide bonds. The third kappa shape index (κ3) is 2.18. The molecule has 0 bridgehead atoms. The summed E-state index contributed by atoms with van der Waals surface area (Å²) in [6, 6.07) is 7.91. The third-order valence-electron chi connectivity index (χ3n) is 3.25. The Bertz CT molecular complexity index is 749. The lowest BCUT2D eigenvalue weighted by molar-refractivity contribution is 0.0989. The van der Waals surface area contributed by atoms with E-state index in [0.717, 1.165) is 23.4 Å². The van der Waals surface area contributed by atoms with Gasteiger partial charge in [0.2, 0.25) is 0 Å². The largest absolute Gasteiger partial charge is 0.328 e. The van der Waals surface area contributed by atoms with Crippen LogP contribution in [0.1, 0.15) is 23.1 Å². The van der Waals surface area contributed by atoms with Gasteiger partial charge < -0.3 is 4.57 Å². The fourth-order valence-corrected chi connectivity index (χ4v) is 2.30. The monoisotopic (exact) mass is 266 g/mol. The van der Waals surface area contributed by atoms with E-state index in [4.69, 9.17) is 0 Å². The number of hydrogen-bond acceptors (Lipinski definition) is 4. The standard InChI is InChI=1S/C15H14N4O/c1-2-19-13-6-4-3-5-12(13)18-15(19)7-14(20)11-8-16-10-17-9-11/h3-6,8-10H,2,7H2,1H3. The van der Waals surface area contributed by atoms with Gasteiger partial charge >= 0.3 is 0 Å². The summed E-state index contributed by atoms with van der Waals surface area (Å²) in [5, 5.41) is 0. The normalized spacial score (nSPS) is 10.8. The molecule has 3 aromatic rings. The quantitative estimate of drug-likeness (QED) is 0.680. The van der Waals surface area contributed by atoms with Crippen molar-refractivity contribution < 1.29 is 4.79 Å². The van der Waals surface area contributed by atoms with Crippen LogP contribution in [0.15, 0.2) is 43.0 Å². The Labute approximate surface area is 116 Å². The molecule has 0 radical (unpaired) electrons. The lowest BCUT2D eigenvalue weighted by Gasteiger charge is -2.05. The molecule has 0 saturated heterocycles. The van der Waals surface area contributed by atoms with E-state index >= 15 is 0 Å². The summed E-state index contributed by atoms with van der Waals surface area (Å²) in [4.78, 5) is 24.5. The van der Waals surface area contributed by atoms with Crippen molar-refractivity contribution in [1.29, 1.82) is 0 Å². The van der Waals surface area contributed by atoms with E-state index in [-0.39, 0.29) is 12.2 Å². The minimum absolute atomic E-state index is 0.0180. The summed E-state index contributed by atoms with van der Waals surface area (Å²) in [6.07, 6.45) is 4.75. The number of aromatic nitrogens is 4. The highest BCUT2D eigenvalue weighted by molar-refractivity contribution is 5.97. The van der Waals surface area contributed by atoms with Crippen LogP contribution in [0.2, 0.25) is 0 Å². The van der Waals surface area contributed by atoms with E-state index < -0.39 is 0 Å². The van der Waals surface area contributed by atoms with Crippen LogP contribution in [-0.2, 0) is 13.0 Å². The van der Waals surface area contributed by atoms with Crippen molar-refractivity contribution in [1.82, 2.24) is 19.5 Å². The molecule has 0 spiro atoms. The fourth-order valence-electron chi connectivity index (χ4n) is 2.30. The summed E-state index contributed by atoms with van der Waals surface area (Å²) in [5.74, 6) is 0.762. The molecule has 1 aromatic carbocycles. The summed E-state index contributed by atoms with van der Waals surface area (Å²) in [6.45, 7) is 2.84. The number of carbonyl (C=O) groups excluding carboxylic acids is 1. The zero-order chi connectivity index (χ0) is 13.9. The Balaban J connectivity index is 1.97. The number of Topliss-reactive ketones (excluding diaryl/α,β-unsaturated/α-hetero) is 1. The molecule has 0 unspecified atom stereocenters. The second kappa shape index (κ2) is 5.21. The van der Waals surface area contributed by atoms with E-state index in [1.165, 1.54) is 18.7 Å². The van der Waals surface area contributed by atoms with Gasteiger partial charge in [0, 0.05) is 18.9 Å². The second-order valence-corrected chi connectivity index (χ2v) is 4.49. The van der Waals surface area contributed by atoms with Gasteiger partial charge in [0.15, 0.2) is 5.78 Å². The first-order valence-electron chi connectivity index (χ1n) is 6.52. The Morgan fingerprint density at radius 2 is 1.95 bits per heavy atom. The molecular formula is C15H14N4O. The molecule has 2 heterocycles. The lowest BCUT2D eigenvalue weighted by Crippen LogP contribution is -2.10. The minimum atomic E-state index is -0.0180. The highest BCUT2D eigenvalue weighted by atomic mass is 16.1. The number of aryl methyl sites for hydroxylation is 1. The SMILES string of the molecule is CCn1c(CC(=O)c2cncnc2)nc2ccccc21. The Morgan fingerprint density at radius 1 is 1.20 bits per heavy atom. The number of benzene rings is 1. The molecular weight excluding hydrogens is 252 g/mol. The van der Waals surface area contributed by atoms with E-state index in [2.05, 4.69) is 19.5 Å². The van der Waals surface area contributed by atoms with Crippen molar-refractivity contribution in [2.45, 2.75) is 19.9 Å². The maximum Gasteiger partial charge on any atom is 0.173 e. The maximum absolute atomic E-state index is 12.2. The number of hydrogen-bond donors (Lipinski definition) is 0. The molecule has 0 aliphatic heterocycles. The van der Waals surface area contributed by atoms with Gasteiger partial charge in [-0.1, -0.05) is 12.1 Å². The third-order valence-corrected chi connectivity index (χ3v) is 3.25. The van der Waals surface area contributed by atoms with Crippen LogP contribution in [-0.4, -0.2) is 25.3 Å². The van der Waals surface area contributed by atoms with Crippen LogP contribution in [0.4, 0.5) is 0 Å². The van der Waals surface area contributed by atoms with Gasteiger partial charge in [0.1, 0.15) is 12.2 Å². The molecule has 2 aromatic heterocycles. The molecule has 0 saturated carbocycles. The van der Waals surface area contributed by atoms with Crippen LogP contribution in [0.5, 0.6) is 0 Å². The van der Waals surface area contributed by atoms with E-state index in [9.17, 15) is 4.79 Å². The van der Waals surface area contributed by atoms with Gasteiger partial charge in [-0.25, -0.2) is 15.0 Å². The number of carbonyl (C=O) groups is 1. The number of nitrogens with zero attached hydrogens (tertiary/aromatic N) is 4. The molecule has 0 N–H and O–H groups in total. The highest BCUT2D eigenvalue weighted by Gasteiger charge is 2.14. The molecule has 20 heavy (non-hydrogen) atoms. The Morgan fingerprint density at radius 3 is 2.70 bits per heavy atom. The molecule has 5 heteroatoms. The number of rotatable bonds is 4. The average molecular weight is 266 g/mol. The predicted octanol–water partition coefficient (Wildman–Crippen LogP) is 2.27. The molecule has 100 valence electrons. The van der Waals surface area contributed by atoms with Crippen LogP contribution in [0.3, 0.4) is 0 Å². The minimum Gasteiger partial charge on any atom is -0.328 e. The van der Waals surface area contributed by atoms with Crippen molar-refractivity contribution in [2.24, 2.45) is 0 Å². The van der Waals surface area contributed by atoms with Gasteiger partial charge in [0.25, 0.3) is 0 Å². The smallest absolute Gasteiger partial charge is 0.173 e. The molecule has 3 rings (SSSR count). The molecule has 0 aliphatic rings. The highest BCUT2D eigenvalue weighted by Crippen LogP contribution is 2.17. The summed E-state index contributed by atoms with van der Waals surface area (Å²) in [5.41, 5.74) is 2.49. The predicted molar refractivity (Wildman–Crippen MR) is 75.5 cm³/mol. The summed E-state index contributed by atoms with van der Waals surface area (Å²) in [7, 11) is 0. The molecule has 0 atom stereocenters. The van der Waals surface area contributed by atoms with Crippen LogP contribution < -0.4 is 0 Å². The average Bonchev–Trinajstić information content (AvgIpc) is 2.85. The number of para-hydroxylation sites is 2. The van der Waals surface area contributed by atoms with E-state index in [0.29, 0.717) is 5.56 Å². The van der Waals surface area contributed by atoms with Gasteiger partial charge in [-0.2, -0.15) is 0 Å². The van der Waals surface area contributed by atoms with Crippen LogP contribution in [0.25, 0.3) is 11.0 Å². The molecule has 0 aliphatic carbocycles. The summed E-state index contributed by atoms with van der Waals surface area (Å²) < 4.78 is 2.07. The topological polar surface area (TPSA) is 60.7 Å². The first-order chi connectivity index (χ1) is 9.79. The van der Waals surface area contributed by atoms with E-state index in [1.807, 2.05) is 31.2 Å². The van der Waals surface area contributed by atoms with Crippen LogP contribution >= 0.6 is 0 Å². The van der Waals surface area contributed by atoms with Crippen LogP contribution in [0, 0.1) is 0 Å². The number of imidazole rings is 1. The Kier molecular flexibility index (Phi) is 3.25. The van der Waals surface area contributed by atoms with Gasteiger partial charge in [-0.05, 0) is 19.1 Å². The van der Waals surface area contributed by atoms with Gasteiger partial charge in [-0.3, -0.25) is 4.79 Å². The van der Waals surface area contributed by atoms with Crippen molar-refractivity contribution in [3.8, 4) is 0 Å². The zero-order valence-corrected chi connectivity index (χ0v) is 11.2. The maximum atomic E-state index is 12.2. The molecule has 5 nitrogen and oxygen atoms in total. The number of ketones is 1. The molecule has 0 fully saturated rings. The van der Waals surface area contributed by atoms with Crippen molar-refractivity contribution in [2.75, 3.05) is 0 Å². The number of fused-ring (bicyclic) bond motifs is 1. The van der Waals surface area contributed by atoms with Crippen molar-refractivity contribution >= 4 is 16.8 Å². The van der Waals surface area contributed by atoms with Gasteiger partial charge in [-0.15, -0.1) is 0 Å². The summed E-state index contributed by atoms with van der Waals surface area (Å²) >= 11 is 0. The van der Waals surface area contributed by atoms with Crippen molar-refractivity contribution in [3.05, 3.63) is 54.4 Å². The second-order valence-electron chi connectivity index (χ2n) is 4.49. The van der Waals surface area contributed by atoms with Gasteiger partial charge in [0.05, 0.1) is 23.0 Å². The lowest BCUT2D eigenvalue weighted by atomic mass is 10.1. The fraction of sp³-hybridized carbons (Fsp3) is 0.200. The Hall–Kier alpha value is -2.56. The zero-order valence-electron chi connectivity index (χ0n) is 11.2. The van der Waals surface area contributed by atoms with E-state index in [1.54, 1.807) is 0 Å².